The molecule has 0 fully saturated rings. The number of benzene rings is 2. The number of hydrogen-bond donors (Lipinski definition) is 2. The molecule has 2 aromatic rings. The van der Waals surface area contributed by atoms with E-state index >= 15 is 0 Å². The number of aliphatic hydroxyl groups is 1. The summed E-state index contributed by atoms with van der Waals surface area (Å²) in [6.45, 7) is 0.845. The van der Waals surface area contributed by atoms with Crippen LogP contribution in [-0.4, -0.2) is 33.7 Å². The van der Waals surface area contributed by atoms with Gasteiger partial charge in [0.1, 0.15) is 5.82 Å². The van der Waals surface area contributed by atoms with E-state index in [4.69, 9.17) is 0 Å². The number of anilines is 1. The number of halogens is 1. The first-order valence-corrected chi connectivity index (χ1v) is 9.73. The SMILES string of the molecule is CN1CCc2cc(C(O)CNS(=O)(=O)Cc3ccc(F)cc3)ccc21. The topological polar surface area (TPSA) is 69.6 Å². The molecule has 1 heterocycles. The number of rotatable bonds is 6. The van der Waals surface area contributed by atoms with Gasteiger partial charge in [-0.05, 0) is 41.3 Å². The maximum atomic E-state index is 12.9. The predicted molar refractivity (Wildman–Crippen MR) is 95.4 cm³/mol. The van der Waals surface area contributed by atoms with Crippen molar-refractivity contribution in [3.8, 4) is 0 Å². The zero-order chi connectivity index (χ0) is 18.0. The third-order valence-electron chi connectivity index (χ3n) is 4.38. The number of likely N-dealkylation sites (N-methyl/N-ethyl adjacent to an activating group) is 1. The summed E-state index contributed by atoms with van der Waals surface area (Å²) in [4.78, 5) is 2.15. The van der Waals surface area contributed by atoms with Gasteiger partial charge < -0.3 is 10.0 Å². The summed E-state index contributed by atoms with van der Waals surface area (Å²) in [6, 6.07) is 11.0. The molecular formula is C18H21FN2O3S. The highest BCUT2D eigenvalue weighted by atomic mass is 32.2. The van der Waals surface area contributed by atoms with Crippen LogP contribution in [0.25, 0.3) is 0 Å². The van der Waals surface area contributed by atoms with Crippen molar-refractivity contribution in [3.63, 3.8) is 0 Å². The lowest BCUT2D eigenvalue weighted by molar-refractivity contribution is 0.182. The van der Waals surface area contributed by atoms with Crippen LogP contribution in [0.15, 0.2) is 42.5 Å². The number of hydrogen-bond acceptors (Lipinski definition) is 4. The lowest BCUT2D eigenvalue weighted by Crippen LogP contribution is -2.29. The Kier molecular flexibility index (Phi) is 5.08. The van der Waals surface area contributed by atoms with E-state index in [1.165, 1.54) is 24.3 Å². The molecule has 0 amide bonds. The van der Waals surface area contributed by atoms with Crippen molar-refractivity contribution >= 4 is 15.7 Å². The van der Waals surface area contributed by atoms with Crippen LogP contribution in [0, 0.1) is 5.82 Å². The van der Waals surface area contributed by atoms with Crippen molar-refractivity contribution in [2.75, 3.05) is 25.0 Å². The maximum absolute atomic E-state index is 12.9. The minimum absolute atomic E-state index is 0.0991. The quantitative estimate of drug-likeness (QED) is 0.822. The van der Waals surface area contributed by atoms with E-state index in [0.29, 0.717) is 11.1 Å². The first-order valence-electron chi connectivity index (χ1n) is 8.08. The summed E-state index contributed by atoms with van der Waals surface area (Å²) >= 11 is 0. The highest BCUT2D eigenvalue weighted by Gasteiger charge is 2.19. The highest BCUT2D eigenvalue weighted by Crippen LogP contribution is 2.29. The minimum atomic E-state index is -3.61. The zero-order valence-electron chi connectivity index (χ0n) is 13.9. The molecule has 5 nitrogen and oxygen atoms in total. The van der Waals surface area contributed by atoms with Crippen LogP contribution in [-0.2, 0) is 22.2 Å². The average molecular weight is 364 g/mol. The normalized spacial score (nSPS) is 15.2. The monoisotopic (exact) mass is 364 g/mol. The van der Waals surface area contributed by atoms with E-state index in [9.17, 15) is 17.9 Å². The van der Waals surface area contributed by atoms with Crippen molar-refractivity contribution in [3.05, 3.63) is 65.0 Å². The van der Waals surface area contributed by atoms with Crippen molar-refractivity contribution < 1.29 is 17.9 Å². The van der Waals surface area contributed by atoms with Crippen LogP contribution in [0.1, 0.15) is 22.8 Å². The maximum Gasteiger partial charge on any atom is 0.215 e. The van der Waals surface area contributed by atoms with Gasteiger partial charge in [0.25, 0.3) is 0 Å². The second-order valence-corrected chi connectivity index (χ2v) is 8.12. The van der Waals surface area contributed by atoms with Gasteiger partial charge in [-0.2, -0.15) is 0 Å². The minimum Gasteiger partial charge on any atom is -0.387 e. The Morgan fingerprint density at radius 3 is 2.68 bits per heavy atom. The number of aliphatic hydroxyl groups excluding tert-OH is 1. The van der Waals surface area contributed by atoms with Gasteiger partial charge in [0.2, 0.25) is 10.0 Å². The van der Waals surface area contributed by atoms with Crippen LogP contribution in [0.4, 0.5) is 10.1 Å². The Morgan fingerprint density at radius 1 is 1.24 bits per heavy atom. The van der Waals surface area contributed by atoms with Gasteiger partial charge in [0.05, 0.1) is 11.9 Å². The number of nitrogens with one attached hydrogen (secondary N) is 1. The van der Waals surface area contributed by atoms with Gasteiger partial charge >= 0.3 is 0 Å². The van der Waals surface area contributed by atoms with Crippen LogP contribution < -0.4 is 9.62 Å². The fourth-order valence-electron chi connectivity index (χ4n) is 2.97. The Hall–Kier alpha value is -1.96. The smallest absolute Gasteiger partial charge is 0.215 e. The largest absolute Gasteiger partial charge is 0.387 e. The van der Waals surface area contributed by atoms with Crippen molar-refractivity contribution in [2.45, 2.75) is 18.3 Å². The average Bonchev–Trinajstić information content (AvgIpc) is 2.95. The molecule has 0 bridgehead atoms. The Bertz CT molecular complexity index is 853. The van der Waals surface area contributed by atoms with Gasteiger partial charge in [-0.25, -0.2) is 17.5 Å². The molecule has 0 aromatic heterocycles. The molecule has 0 saturated heterocycles. The van der Waals surface area contributed by atoms with E-state index < -0.39 is 21.9 Å². The summed E-state index contributed by atoms with van der Waals surface area (Å²) in [5, 5.41) is 10.3. The summed E-state index contributed by atoms with van der Waals surface area (Å²) in [5.41, 5.74) is 3.49. The van der Waals surface area contributed by atoms with Gasteiger partial charge in [0.15, 0.2) is 0 Å². The summed E-state index contributed by atoms with van der Waals surface area (Å²) in [5.74, 6) is -0.665. The van der Waals surface area contributed by atoms with E-state index in [0.717, 1.165) is 24.2 Å². The zero-order valence-corrected chi connectivity index (χ0v) is 14.8. The summed E-state index contributed by atoms with van der Waals surface area (Å²) in [6.07, 6.45) is 0.00192. The van der Waals surface area contributed by atoms with Gasteiger partial charge in [0, 0.05) is 25.8 Å². The van der Waals surface area contributed by atoms with Crippen molar-refractivity contribution in [1.82, 2.24) is 4.72 Å². The molecule has 1 aliphatic heterocycles. The molecule has 1 unspecified atom stereocenters. The molecule has 1 atom stereocenters. The number of sulfonamides is 1. The van der Waals surface area contributed by atoms with Crippen LogP contribution >= 0.6 is 0 Å². The molecule has 0 saturated carbocycles. The van der Waals surface area contributed by atoms with Crippen LogP contribution in [0.3, 0.4) is 0 Å². The number of nitrogens with zero attached hydrogens (tertiary/aromatic N) is 1. The fourth-order valence-corrected chi connectivity index (χ4v) is 4.11. The van der Waals surface area contributed by atoms with Gasteiger partial charge in [-0.1, -0.05) is 24.3 Å². The second kappa shape index (κ2) is 7.11. The Balaban J connectivity index is 1.61. The lowest BCUT2D eigenvalue weighted by Gasteiger charge is -2.15. The summed E-state index contributed by atoms with van der Waals surface area (Å²) < 4.78 is 39.6. The third kappa shape index (κ3) is 4.36. The predicted octanol–water partition coefficient (Wildman–Crippen LogP) is 1.97. The molecule has 25 heavy (non-hydrogen) atoms. The van der Waals surface area contributed by atoms with Crippen LogP contribution in [0.5, 0.6) is 0 Å². The number of fused-ring (bicyclic) bond motifs is 1. The Labute approximate surface area is 147 Å². The van der Waals surface area contributed by atoms with Gasteiger partial charge in [-0.3, -0.25) is 0 Å². The van der Waals surface area contributed by atoms with Crippen molar-refractivity contribution in [1.29, 1.82) is 0 Å². The fraction of sp³-hybridized carbons (Fsp3) is 0.333. The molecule has 0 spiro atoms. The molecule has 0 radical (unpaired) electrons. The molecule has 0 aliphatic carbocycles. The molecule has 1 aliphatic rings. The molecule has 2 N–H and O–H groups in total. The van der Waals surface area contributed by atoms with Crippen molar-refractivity contribution in [2.24, 2.45) is 0 Å². The summed E-state index contributed by atoms with van der Waals surface area (Å²) in [7, 11) is -1.59. The molecule has 2 aromatic carbocycles. The highest BCUT2D eigenvalue weighted by molar-refractivity contribution is 7.88. The van der Waals surface area contributed by atoms with E-state index in [1.54, 1.807) is 0 Å². The third-order valence-corrected chi connectivity index (χ3v) is 5.70. The van der Waals surface area contributed by atoms with Gasteiger partial charge in [-0.15, -0.1) is 0 Å². The standard InChI is InChI=1S/C18H21FN2O3S/c1-21-9-8-14-10-15(4-7-17(14)21)18(22)11-20-25(23,24)12-13-2-5-16(19)6-3-13/h2-7,10,18,20,22H,8-9,11-12H2,1H3. The Morgan fingerprint density at radius 2 is 1.96 bits per heavy atom. The molecule has 134 valence electrons. The van der Waals surface area contributed by atoms with E-state index in [1.807, 2.05) is 25.2 Å². The molecule has 7 heteroatoms. The van der Waals surface area contributed by atoms with Crippen LogP contribution in [0.2, 0.25) is 0 Å². The molecule has 3 rings (SSSR count). The van der Waals surface area contributed by atoms with E-state index in [2.05, 4.69) is 9.62 Å². The van der Waals surface area contributed by atoms with E-state index in [-0.39, 0.29) is 12.3 Å². The first kappa shape index (κ1) is 17.8. The second-order valence-electron chi connectivity index (χ2n) is 6.31. The molecular weight excluding hydrogens is 343 g/mol. The lowest BCUT2D eigenvalue weighted by atomic mass is 10.0. The first-order chi connectivity index (χ1) is 11.8.